The van der Waals surface area contributed by atoms with Gasteiger partial charge in [-0.2, -0.15) is 0 Å². The van der Waals surface area contributed by atoms with E-state index in [2.05, 4.69) is 51.3 Å². The molecule has 21 heavy (non-hydrogen) atoms. The van der Waals surface area contributed by atoms with Gasteiger partial charge in [-0.3, -0.25) is 4.79 Å². The number of nitrogens with zero attached hydrogens (tertiary/aromatic N) is 2. The highest BCUT2D eigenvalue weighted by Gasteiger charge is 2.29. The van der Waals surface area contributed by atoms with Crippen molar-refractivity contribution in [2.75, 3.05) is 6.54 Å². The first-order chi connectivity index (χ1) is 9.69. The Morgan fingerprint density at radius 2 is 2.05 bits per heavy atom. The molecule has 2 N–H and O–H groups in total. The number of carbonyl (C=O) groups excluding carboxylic acids is 1. The number of aryl methyl sites for hydroxylation is 1. The first-order valence-electron chi connectivity index (χ1n) is 7.90. The van der Waals surface area contributed by atoms with Crippen molar-refractivity contribution in [1.82, 2.24) is 9.47 Å². The minimum atomic E-state index is -0.0554. The molecule has 1 aliphatic rings. The average molecular weight is 291 g/mol. The number of hydrogen-bond donors (Lipinski definition) is 1. The number of fused-ring (bicyclic) bond motifs is 1. The third-order valence-corrected chi connectivity index (χ3v) is 4.32. The van der Waals surface area contributed by atoms with E-state index in [4.69, 9.17) is 5.73 Å². The van der Waals surface area contributed by atoms with E-state index >= 15 is 0 Å². The van der Waals surface area contributed by atoms with Gasteiger partial charge in [-0.05, 0) is 37.8 Å². The van der Waals surface area contributed by atoms with Gasteiger partial charge < -0.3 is 15.2 Å². The van der Waals surface area contributed by atoms with E-state index in [0.717, 1.165) is 19.5 Å². The van der Waals surface area contributed by atoms with Crippen LogP contribution in [0.5, 0.6) is 0 Å². The summed E-state index contributed by atoms with van der Waals surface area (Å²) in [6.45, 7) is 12.4. The van der Waals surface area contributed by atoms with Crippen LogP contribution < -0.4 is 5.73 Å². The molecule has 0 aromatic carbocycles. The summed E-state index contributed by atoms with van der Waals surface area (Å²) in [6.07, 6.45) is 1.32. The Morgan fingerprint density at radius 3 is 2.67 bits per heavy atom. The summed E-state index contributed by atoms with van der Waals surface area (Å²) in [4.78, 5) is 14.5. The van der Waals surface area contributed by atoms with Crippen LogP contribution in [-0.2, 0) is 11.3 Å². The molecule has 4 nitrogen and oxygen atoms in total. The maximum absolute atomic E-state index is 12.6. The molecule has 0 spiro atoms. The van der Waals surface area contributed by atoms with Crippen LogP contribution in [0.15, 0.2) is 12.1 Å². The van der Waals surface area contributed by atoms with Crippen LogP contribution in [0.25, 0.3) is 0 Å². The highest BCUT2D eigenvalue weighted by molar-refractivity contribution is 5.77. The minimum absolute atomic E-state index is 0.0554. The molecule has 1 aliphatic heterocycles. The normalized spacial score (nSPS) is 20.3. The zero-order chi connectivity index (χ0) is 15.8. The monoisotopic (exact) mass is 291 g/mol. The summed E-state index contributed by atoms with van der Waals surface area (Å²) >= 11 is 0. The molecule has 1 aromatic rings. The van der Waals surface area contributed by atoms with Gasteiger partial charge >= 0.3 is 0 Å². The molecule has 2 atom stereocenters. The molecule has 0 aliphatic carbocycles. The Bertz CT molecular complexity index is 513. The van der Waals surface area contributed by atoms with Crippen LogP contribution in [-0.4, -0.2) is 28.0 Å². The second-order valence-electron chi connectivity index (χ2n) is 7.54. The van der Waals surface area contributed by atoms with Crippen molar-refractivity contribution in [3.63, 3.8) is 0 Å². The molecule has 118 valence electrons. The highest BCUT2D eigenvalue weighted by atomic mass is 16.2. The second-order valence-corrected chi connectivity index (χ2v) is 7.54. The molecule has 0 saturated heterocycles. The molecule has 2 unspecified atom stereocenters. The Morgan fingerprint density at radius 1 is 1.38 bits per heavy atom. The quantitative estimate of drug-likeness (QED) is 0.931. The van der Waals surface area contributed by atoms with E-state index in [-0.39, 0.29) is 23.4 Å². The maximum Gasteiger partial charge on any atom is 0.224 e. The van der Waals surface area contributed by atoms with Gasteiger partial charge in [-0.1, -0.05) is 20.8 Å². The SMILES string of the molecule is Cc1ccc2n1CCN(C(=O)CC(N)CC(C)(C)C)C2C. The molecule has 1 aromatic heterocycles. The van der Waals surface area contributed by atoms with Gasteiger partial charge in [0.15, 0.2) is 0 Å². The predicted octanol–water partition coefficient (Wildman–Crippen LogP) is 2.85. The number of hydrogen-bond acceptors (Lipinski definition) is 2. The van der Waals surface area contributed by atoms with Crippen molar-refractivity contribution in [3.05, 3.63) is 23.5 Å². The van der Waals surface area contributed by atoms with Crippen molar-refractivity contribution >= 4 is 5.91 Å². The minimum Gasteiger partial charge on any atom is -0.345 e. The van der Waals surface area contributed by atoms with Crippen LogP contribution >= 0.6 is 0 Å². The van der Waals surface area contributed by atoms with Crippen molar-refractivity contribution < 1.29 is 4.79 Å². The van der Waals surface area contributed by atoms with E-state index in [0.29, 0.717) is 6.42 Å². The fourth-order valence-electron chi connectivity index (χ4n) is 3.36. The lowest BCUT2D eigenvalue weighted by molar-refractivity contribution is -0.134. The summed E-state index contributed by atoms with van der Waals surface area (Å²) in [7, 11) is 0. The zero-order valence-corrected chi connectivity index (χ0v) is 14.0. The molecule has 4 heteroatoms. The van der Waals surface area contributed by atoms with E-state index in [1.807, 2.05) is 4.90 Å². The topological polar surface area (TPSA) is 51.3 Å². The van der Waals surface area contributed by atoms with Gasteiger partial charge in [0.1, 0.15) is 0 Å². The third-order valence-electron chi connectivity index (χ3n) is 4.32. The fourth-order valence-corrected chi connectivity index (χ4v) is 3.36. The first kappa shape index (κ1) is 16.1. The van der Waals surface area contributed by atoms with E-state index in [9.17, 15) is 4.79 Å². The largest absolute Gasteiger partial charge is 0.345 e. The molecule has 1 amide bonds. The maximum atomic E-state index is 12.6. The van der Waals surface area contributed by atoms with Crippen LogP contribution in [0.1, 0.15) is 58.0 Å². The number of rotatable bonds is 3. The number of carbonyl (C=O) groups is 1. The molecule has 0 fully saturated rings. The first-order valence-corrected chi connectivity index (χ1v) is 7.90. The molecular weight excluding hydrogens is 262 g/mol. The predicted molar refractivity (Wildman–Crippen MR) is 86.0 cm³/mol. The Hall–Kier alpha value is -1.29. The smallest absolute Gasteiger partial charge is 0.224 e. The van der Waals surface area contributed by atoms with E-state index in [1.54, 1.807) is 0 Å². The lowest BCUT2D eigenvalue weighted by Gasteiger charge is -2.36. The number of amides is 1. The van der Waals surface area contributed by atoms with Crippen LogP contribution in [0.2, 0.25) is 0 Å². The summed E-state index contributed by atoms with van der Waals surface area (Å²) in [5.74, 6) is 0.185. The molecule has 0 saturated carbocycles. The summed E-state index contributed by atoms with van der Waals surface area (Å²) in [5, 5.41) is 0. The van der Waals surface area contributed by atoms with Crippen LogP contribution in [0.4, 0.5) is 0 Å². The van der Waals surface area contributed by atoms with Gasteiger partial charge in [0.25, 0.3) is 0 Å². The van der Waals surface area contributed by atoms with Crippen molar-refractivity contribution in [2.45, 2.75) is 66.1 Å². The Kier molecular flexibility index (Phi) is 4.47. The Balaban J connectivity index is 2.01. The second kappa shape index (κ2) is 5.84. The lowest BCUT2D eigenvalue weighted by atomic mass is 9.87. The van der Waals surface area contributed by atoms with Gasteiger partial charge in [-0.25, -0.2) is 0 Å². The number of aromatic nitrogens is 1. The average Bonchev–Trinajstić information content (AvgIpc) is 2.69. The van der Waals surface area contributed by atoms with Gasteiger partial charge in [0.2, 0.25) is 5.91 Å². The van der Waals surface area contributed by atoms with E-state index in [1.165, 1.54) is 11.4 Å². The fraction of sp³-hybridized carbons (Fsp3) is 0.706. The van der Waals surface area contributed by atoms with Gasteiger partial charge in [0, 0.05) is 36.9 Å². The summed E-state index contributed by atoms with van der Waals surface area (Å²) in [6, 6.07) is 4.35. The van der Waals surface area contributed by atoms with Crippen molar-refractivity contribution in [2.24, 2.45) is 11.1 Å². The zero-order valence-electron chi connectivity index (χ0n) is 14.0. The summed E-state index contributed by atoms with van der Waals surface area (Å²) < 4.78 is 2.31. The molecule has 0 bridgehead atoms. The molecule has 2 rings (SSSR count). The van der Waals surface area contributed by atoms with Crippen molar-refractivity contribution in [1.29, 1.82) is 0 Å². The van der Waals surface area contributed by atoms with Crippen LogP contribution in [0, 0.1) is 12.3 Å². The number of nitrogens with two attached hydrogens (primary N) is 1. The van der Waals surface area contributed by atoms with Gasteiger partial charge in [0.05, 0.1) is 6.04 Å². The van der Waals surface area contributed by atoms with Crippen molar-refractivity contribution in [3.8, 4) is 0 Å². The standard InChI is InChI=1S/C17H29N3O/c1-12-6-7-15-13(2)20(9-8-19(12)15)16(21)10-14(18)11-17(3,4)5/h6-7,13-14H,8-11,18H2,1-5H3. The Labute approximate surface area is 128 Å². The molecular formula is C17H29N3O. The third kappa shape index (κ3) is 3.67. The highest BCUT2D eigenvalue weighted by Crippen LogP contribution is 2.28. The molecule has 0 radical (unpaired) electrons. The van der Waals surface area contributed by atoms with Crippen LogP contribution in [0.3, 0.4) is 0 Å². The van der Waals surface area contributed by atoms with Gasteiger partial charge in [-0.15, -0.1) is 0 Å². The lowest BCUT2D eigenvalue weighted by Crippen LogP contribution is -2.43. The molecule has 2 heterocycles. The summed E-state index contributed by atoms with van der Waals surface area (Å²) in [5.41, 5.74) is 8.83. The van der Waals surface area contributed by atoms with E-state index < -0.39 is 0 Å².